The smallest absolute Gasteiger partial charge is 0.131 e. The highest BCUT2D eigenvalue weighted by Gasteiger charge is 2.47. The summed E-state index contributed by atoms with van der Waals surface area (Å²) in [6.07, 6.45) is 8.98. The minimum atomic E-state index is 0.0970. The Balaban J connectivity index is 1.74. The Labute approximate surface area is 130 Å². The SMILES string of the molecule is Clc1c(Br)cnc2c1C1(CCC(n3cccn3)C1)CN2. The standard InChI is InChI=1S/C14H14BrClN4/c15-10-7-17-13-11(12(10)16)14(8-18-13)3-2-9(6-14)20-5-1-4-19-20/h1,4-5,7,9H,2-3,6,8H2,(H,17,18). The normalized spacial score (nSPS) is 27.8. The van der Waals surface area contributed by atoms with Crippen LogP contribution in [0.1, 0.15) is 30.9 Å². The number of anilines is 1. The van der Waals surface area contributed by atoms with Crippen molar-refractivity contribution in [3.05, 3.63) is 39.7 Å². The van der Waals surface area contributed by atoms with Crippen molar-refractivity contribution in [1.82, 2.24) is 14.8 Å². The second kappa shape index (κ2) is 4.46. The summed E-state index contributed by atoms with van der Waals surface area (Å²) in [7, 11) is 0. The number of nitrogens with zero attached hydrogens (tertiary/aromatic N) is 3. The molecule has 0 aromatic carbocycles. The molecule has 2 atom stereocenters. The lowest BCUT2D eigenvalue weighted by Gasteiger charge is -2.24. The van der Waals surface area contributed by atoms with Crippen molar-refractivity contribution >= 4 is 33.3 Å². The zero-order valence-electron chi connectivity index (χ0n) is 10.8. The number of rotatable bonds is 1. The fraction of sp³-hybridized carbons (Fsp3) is 0.429. The number of hydrogen-bond donors (Lipinski definition) is 1. The van der Waals surface area contributed by atoms with Gasteiger partial charge in [-0.15, -0.1) is 0 Å². The molecule has 1 spiro atoms. The first-order valence-corrected chi connectivity index (χ1v) is 7.94. The first-order chi connectivity index (χ1) is 9.70. The second-order valence-corrected chi connectivity index (χ2v) is 6.89. The van der Waals surface area contributed by atoms with Crippen LogP contribution in [0.15, 0.2) is 29.1 Å². The molecule has 3 heterocycles. The number of pyridine rings is 1. The molecule has 2 aromatic heterocycles. The lowest BCUT2D eigenvalue weighted by Crippen LogP contribution is -2.25. The van der Waals surface area contributed by atoms with Gasteiger partial charge in [-0.25, -0.2) is 4.98 Å². The van der Waals surface area contributed by atoms with Crippen LogP contribution in [-0.4, -0.2) is 21.3 Å². The summed E-state index contributed by atoms with van der Waals surface area (Å²) >= 11 is 10.0. The van der Waals surface area contributed by atoms with E-state index in [0.29, 0.717) is 6.04 Å². The second-order valence-electron chi connectivity index (χ2n) is 5.66. The van der Waals surface area contributed by atoms with Gasteiger partial charge in [0.2, 0.25) is 0 Å². The summed E-state index contributed by atoms with van der Waals surface area (Å²) in [5, 5.41) is 8.61. The molecule has 2 unspecified atom stereocenters. The van der Waals surface area contributed by atoms with Gasteiger partial charge in [0.25, 0.3) is 0 Å². The van der Waals surface area contributed by atoms with E-state index in [0.717, 1.165) is 41.1 Å². The zero-order valence-corrected chi connectivity index (χ0v) is 13.2. The maximum Gasteiger partial charge on any atom is 0.131 e. The quantitative estimate of drug-likeness (QED) is 0.848. The topological polar surface area (TPSA) is 42.7 Å². The van der Waals surface area contributed by atoms with Gasteiger partial charge in [0.1, 0.15) is 5.82 Å². The molecule has 0 saturated heterocycles. The molecule has 2 aromatic rings. The fourth-order valence-corrected chi connectivity index (χ4v) is 4.27. The van der Waals surface area contributed by atoms with Crippen molar-refractivity contribution in [3.63, 3.8) is 0 Å². The number of fused-ring (bicyclic) bond motifs is 2. The molecule has 0 amide bonds. The number of hydrogen-bond acceptors (Lipinski definition) is 3. The summed E-state index contributed by atoms with van der Waals surface area (Å²) < 4.78 is 2.95. The van der Waals surface area contributed by atoms with Crippen molar-refractivity contribution in [2.75, 3.05) is 11.9 Å². The van der Waals surface area contributed by atoms with Crippen LogP contribution in [0.3, 0.4) is 0 Å². The molecular formula is C14H14BrClN4. The van der Waals surface area contributed by atoms with E-state index in [1.165, 1.54) is 5.56 Å². The molecule has 4 rings (SSSR count). The van der Waals surface area contributed by atoms with E-state index < -0.39 is 0 Å². The molecule has 1 aliphatic heterocycles. The summed E-state index contributed by atoms with van der Waals surface area (Å²) in [4.78, 5) is 4.46. The third kappa shape index (κ3) is 1.72. The summed E-state index contributed by atoms with van der Waals surface area (Å²) in [6, 6.07) is 2.43. The van der Waals surface area contributed by atoms with Gasteiger partial charge in [0, 0.05) is 36.1 Å². The van der Waals surface area contributed by atoms with E-state index in [-0.39, 0.29) is 5.41 Å². The first kappa shape index (κ1) is 12.7. The summed E-state index contributed by atoms with van der Waals surface area (Å²) in [5.41, 5.74) is 1.28. The summed E-state index contributed by atoms with van der Waals surface area (Å²) in [5.74, 6) is 0.944. The molecular weight excluding hydrogens is 340 g/mol. The number of aromatic nitrogens is 3. The molecule has 4 nitrogen and oxygen atoms in total. The molecule has 6 heteroatoms. The van der Waals surface area contributed by atoms with Crippen molar-refractivity contribution in [2.45, 2.75) is 30.7 Å². The van der Waals surface area contributed by atoms with Crippen molar-refractivity contribution in [3.8, 4) is 0 Å². The van der Waals surface area contributed by atoms with Crippen molar-refractivity contribution < 1.29 is 0 Å². The average molecular weight is 354 g/mol. The minimum absolute atomic E-state index is 0.0970. The fourth-order valence-electron chi connectivity index (χ4n) is 3.63. The van der Waals surface area contributed by atoms with Crippen LogP contribution in [0.25, 0.3) is 0 Å². The maximum atomic E-state index is 6.53. The predicted octanol–water partition coefficient (Wildman–Crippen LogP) is 3.78. The number of halogens is 2. The van der Waals surface area contributed by atoms with Crippen LogP contribution in [0, 0.1) is 0 Å². The van der Waals surface area contributed by atoms with Crippen LogP contribution < -0.4 is 5.32 Å². The molecule has 0 radical (unpaired) electrons. The van der Waals surface area contributed by atoms with Gasteiger partial charge in [-0.1, -0.05) is 11.6 Å². The minimum Gasteiger partial charge on any atom is -0.369 e. The van der Waals surface area contributed by atoms with Crippen LogP contribution in [-0.2, 0) is 5.41 Å². The Morgan fingerprint density at radius 2 is 2.40 bits per heavy atom. The van der Waals surface area contributed by atoms with Crippen LogP contribution in [0.4, 0.5) is 5.82 Å². The monoisotopic (exact) mass is 352 g/mol. The van der Waals surface area contributed by atoms with Gasteiger partial charge in [0.05, 0.1) is 15.5 Å². The van der Waals surface area contributed by atoms with E-state index in [4.69, 9.17) is 11.6 Å². The molecule has 1 N–H and O–H groups in total. The van der Waals surface area contributed by atoms with E-state index >= 15 is 0 Å². The van der Waals surface area contributed by atoms with E-state index in [1.807, 2.05) is 18.5 Å². The molecule has 104 valence electrons. The third-order valence-electron chi connectivity index (χ3n) is 4.58. The highest BCUT2D eigenvalue weighted by atomic mass is 79.9. The van der Waals surface area contributed by atoms with Gasteiger partial charge < -0.3 is 5.32 Å². The lowest BCUT2D eigenvalue weighted by atomic mass is 9.81. The molecule has 1 saturated carbocycles. The molecule has 20 heavy (non-hydrogen) atoms. The van der Waals surface area contributed by atoms with Gasteiger partial charge in [-0.2, -0.15) is 5.10 Å². The highest BCUT2D eigenvalue weighted by molar-refractivity contribution is 9.10. The number of nitrogens with one attached hydrogen (secondary N) is 1. The van der Waals surface area contributed by atoms with Crippen molar-refractivity contribution in [1.29, 1.82) is 0 Å². The Hall–Kier alpha value is -1.07. The van der Waals surface area contributed by atoms with Crippen LogP contribution in [0.5, 0.6) is 0 Å². The lowest BCUT2D eigenvalue weighted by molar-refractivity contribution is 0.418. The zero-order chi connectivity index (χ0) is 13.7. The summed E-state index contributed by atoms with van der Waals surface area (Å²) in [6.45, 7) is 0.920. The maximum absolute atomic E-state index is 6.53. The van der Waals surface area contributed by atoms with Gasteiger partial charge >= 0.3 is 0 Å². The Bertz CT molecular complexity index is 657. The Morgan fingerprint density at radius 1 is 1.50 bits per heavy atom. The van der Waals surface area contributed by atoms with E-state index in [2.05, 4.69) is 36.0 Å². The van der Waals surface area contributed by atoms with Gasteiger partial charge in [0.15, 0.2) is 0 Å². The highest BCUT2D eigenvalue weighted by Crippen LogP contribution is 2.53. The molecule has 1 aliphatic carbocycles. The average Bonchev–Trinajstić information content (AvgIpc) is 3.15. The molecule has 1 fully saturated rings. The third-order valence-corrected chi connectivity index (χ3v) is 5.80. The van der Waals surface area contributed by atoms with Crippen molar-refractivity contribution in [2.24, 2.45) is 0 Å². The van der Waals surface area contributed by atoms with E-state index in [9.17, 15) is 0 Å². The first-order valence-electron chi connectivity index (χ1n) is 6.77. The molecule has 0 bridgehead atoms. The molecule has 2 aliphatic rings. The van der Waals surface area contributed by atoms with Crippen LogP contribution in [0.2, 0.25) is 5.02 Å². The van der Waals surface area contributed by atoms with Gasteiger partial charge in [-0.3, -0.25) is 4.68 Å². The Kier molecular flexibility index (Phi) is 2.82. The predicted molar refractivity (Wildman–Crippen MR) is 82.2 cm³/mol. The van der Waals surface area contributed by atoms with Crippen LogP contribution >= 0.6 is 27.5 Å². The Morgan fingerprint density at radius 3 is 3.20 bits per heavy atom. The van der Waals surface area contributed by atoms with Gasteiger partial charge in [-0.05, 0) is 41.3 Å². The van der Waals surface area contributed by atoms with E-state index in [1.54, 1.807) is 6.20 Å². The largest absolute Gasteiger partial charge is 0.369 e.